The molecule has 2 aromatic carbocycles. The molecule has 4 rings (SSSR count). The van der Waals surface area contributed by atoms with Crippen molar-refractivity contribution in [1.82, 2.24) is 4.90 Å². The monoisotopic (exact) mass is 396 g/mol. The van der Waals surface area contributed by atoms with Crippen molar-refractivity contribution in [3.05, 3.63) is 35.4 Å². The van der Waals surface area contributed by atoms with Crippen molar-refractivity contribution < 1.29 is 19.0 Å². The number of benzene rings is 2. The van der Waals surface area contributed by atoms with Gasteiger partial charge >= 0.3 is 0 Å². The number of ether oxygens (including phenoxy) is 3. The summed E-state index contributed by atoms with van der Waals surface area (Å²) in [6.07, 6.45) is 2.50. The first kappa shape index (κ1) is 19.6. The highest BCUT2D eigenvalue weighted by atomic mass is 16.5. The zero-order chi connectivity index (χ0) is 20.4. The molecule has 6 heteroatoms. The van der Waals surface area contributed by atoms with Gasteiger partial charge in [0.25, 0.3) is 0 Å². The molecule has 1 aliphatic carbocycles. The number of nitrogens with two attached hydrogens (primary N) is 1. The lowest BCUT2D eigenvalue weighted by molar-refractivity contribution is 0.104. The summed E-state index contributed by atoms with van der Waals surface area (Å²) < 4.78 is 17.7. The molecule has 0 atom stereocenters. The van der Waals surface area contributed by atoms with Crippen LogP contribution in [0.5, 0.6) is 17.2 Å². The first-order valence-electron chi connectivity index (χ1n) is 10.4. The standard InChI is InChI=1S/C23H28N2O4/c1-3-27-17-14-18(28-4-2)22(24)21-20(17)19-15(23(21)26)8-7-9-16(19)29-13-12-25-10-5-6-11-25/h7-9,14H,3-6,10-13,24H2,1-2H3. The number of fused-ring (bicyclic) bond motifs is 3. The van der Waals surface area contributed by atoms with Crippen molar-refractivity contribution in [1.29, 1.82) is 0 Å². The van der Waals surface area contributed by atoms with Crippen molar-refractivity contribution >= 4 is 11.5 Å². The first-order chi connectivity index (χ1) is 14.2. The Hall–Kier alpha value is -2.73. The summed E-state index contributed by atoms with van der Waals surface area (Å²) in [5, 5.41) is 0. The predicted molar refractivity (Wildman–Crippen MR) is 113 cm³/mol. The Morgan fingerprint density at radius 3 is 2.38 bits per heavy atom. The van der Waals surface area contributed by atoms with Crippen LogP contribution < -0.4 is 19.9 Å². The average molecular weight is 396 g/mol. The lowest BCUT2D eigenvalue weighted by atomic mass is 10.0. The van der Waals surface area contributed by atoms with E-state index in [4.69, 9.17) is 19.9 Å². The molecule has 0 aromatic heterocycles. The fourth-order valence-electron chi connectivity index (χ4n) is 4.20. The molecule has 1 saturated heterocycles. The number of hydrogen-bond acceptors (Lipinski definition) is 6. The number of nitrogen functional groups attached to an aromatic ring is 1. The molecule has 0 unspecified atom stereocenters. The van der Waals surface area contributed by atoms with Gasteiger partial charge in [0.05, 0.1) is 24.5 Å². The Kier molecular flexibility index (Phi) is 5.62. The van der Waals surface area contributed by atoms with E-state index in [-0.39, 0.29) is 5.78 Å². The summed E-state index contributed by atoms with van der Waals surface area (Å²) in [4.78, 5) is 15.6. The SMILES string of the molecule is CCOc1cc(OCC)c2c(c1N)C(=O)c1cccc(OCCN3CCCC3)c1-2. The van der Waals surface area contributed by atoms with Gasteiger partial charge in [-0.05, 0) is 45.8 Å². The molecule has 0 bridgehead atoms. The minimum absolute atomic E-state index is 0.111. The van der Waals surface area contributed by atoms with E-state index in [1.165, 1.54) is 12.8 Å². The Morgan fingerprint density at radius 2 is 1.66 bits per heavy atom. The molecule has 6 nitrogen and oxygen atoms in total. The van der Waals surface area contributed by atoms with E-state index >= 15 is 0 Å². The Bertz CT molecular complexity index is 920. The maximum Gasteiger partial charge on any atom is 0.196 e. The van der Waals surface area contributed by atoms with E-state index in [0.717, 1.165) is 25.2 Å². The van der Waals surface area contributed by atoms with Crippen LogP contribution in [0.4, 0.5) is 5.69 Å². The number of likely N-dealkylation sites (tertiary alicyclic amines) is 1. The average Bonchev–Trinajstić information content (AvgIpc) is 3.33. The fraction of sp³-hybridized carbons (Fsp3) is 0.435. The Balaban J connectivity index is 1.73. The number of hydrogen-bond donors (Lipinski definition) is 1. The van der Waals surface area contributed by atoms with Crippen LogP contribution in [0.15, 0.2) is 24.3 Å². The van der Waals surface area contributed by atoms with Crippen molar-refractivity contribution in [2.24, 2.45) is 0 Å². The van der Waals surface area contributed by atoms with Gasteiger partial charge in [-0.25, -0.2) is 0 Å². The third-order valence-electron chi connectivity index (χ3n) is 5.50. The van der Waals surface area contributed by atoms with Crippen LogP contribution in [0.25, 0.3) is 11.1 Å². The molecule has 0 spiro atoms. The highest BCUT2D eigenvalue weighted by molar-refractivity contribution is 6.26. The smallest absolute Gasteiger partial charge is 0.196 e. The van der Waals surface area contributed by atoms with E-state index in [2.05, 4.69) is 4.90 Å². The summed E-state index contributed by atoms with van der Waals surface area (Å²) >= 11 is 0. The first-order valence-corrected chi connectivity index (χ1v) is 10.4. The van der Waals surface area contributed by atoms with Crippen LogP contribution in [0.2, 0.25) is 0 Å². The zero-order valence-corrected chi connectivity index (χ0v) is 17.1. The molecule has 0 saturated carbocycles. The van der Waals surface area contributed by atoms with Crippen LogP contribution >= 0.6 is 0 Å². The van der Waals surface area contributed by atoms with Crippen LogP contribution in [-0.2, 0) is 0 Å². The minimum Gasteiger partial charge on any atom is -0.493 e. The number of nitrogens with zero attached hydrogens (tertiary/aromatic N) is 1. The molecule has 1 heterocycles. The third-order valence-corrected chi connectivity index (χ3v) is 5.50. The Morgan fingerprint density at radius 1 is 0.931 bits per heavy atom. The third kappa shape index (κ3) is 3.53. The van der Waals surface area contributed by atoms with Gasteiger partial charge in [0.2, 0.25) is 0 Å². The summed E-state index contributed by atoms with van der Waals surface area (Å²) in [7, 11) is 0. The number of rotatable bonds is 8. The quantitative estimate of drug-likeness (QED) is 0.585. The van der Waals surface area contributed by atoms with Gasteiger partial charge in [-0.15, -0.1) is 0 Å². The summed E-state index contributed by atoms with van der Waals surface area (Å²) in [6.45, 7) is 8.45. The number of carbonyl (C=O) groups is 1. The molecule has 2 N–H and O–H groups in total. The van der Waals surface area contributed by atoms with Crippen molar-refractivity contribution in [2.75, 3.05) is 45.2 Å². The van der Waals surface area contributed by atoms with E-state index in [0.29, 0.717) is 59.4 Å². The molecule has 0 amide bonds. The van der Waals surface area contributed by atoms with Crippen LogP contribution in [0.1, 0.15) is 42.6 Å². The second-order valence-corrected chi connectivity index (χ2v) is 7.31. The van der Waals surface area contributed by atoms with Crippen LogP contribution in [0.3, 0.4) is 0 Å². The highest BCUT2D eigenvalue weighted by Crippen LogP contribution is 2.51. The largest absolute Gasteiger partial charge is 0.493 e. The molecule has 0 radical (unpaired) electrons. The van der Waals surface area contributed by atoms with Gasteiger partial charge in [-0.2, -0.15) is 0 Å². The van der Waals surface area contributed by atoms with Gasteiger partial charge in [0, 0.05) is 29.3 Å². The molecule has 1 fully saturated rings. The summed E-state index contributed by atoms with van der Waals surface area (Å²) in [6, 6.07) is 7.37. The number of anilines is 1. The second-order valence-electron chi connectivity index (χ2n) is 7.31. The van der Waals surface area contributed by atoms with Gasteiger partial charge in [0.15, 0.2) is 5.78 Å². The fourth-order valence-corrected chi connectivity index (χ4v) is 4.20. The number of ketones is 1. The molecular weight excluding hydrogens is 368 g/mol. The molecule has 154 valence electrons. The van der Waals surface area contributed by atoms with Gasteiger partial charge in [-0.3, -0.25) is 9.69 Å². The lowest BCUT2D eigenvalue weighted by Gasteiger charge is -2.18. The number of carbonyl (C=O) groups excluding carboxylic acids is 1. The minimum atomic E-state index is -0.111. The molecule has 2 aromatic rings. The van der Waals surface area contributed by atoms with E-state index in [9.17, 15) is 4.79 Å². The van der Waals surface area contributed by atoms with Gasteiger partial charge in [0.1, 0.15) is 23.9 Å². The van der Waals surface area contributed by atoms with Crippen molar-refractivity contribution in [2.45, 2.75) is 26.7 Å². The highest BCUT2D eigenvalue weighted by Gasteiger charge is 2.36. The molecule has 1 aliphatic heterocycles. The Labute approximate surface area is 171 Å². The summed E-state index contributed by atoms with van der Waals surface area (Å²) in [5.74, 6) is 1.66. The van der Waals surface area contributed by atoms with Crippen molar-refractivity contribution in [3.8, 4) is 28.4 Å². The van der Waals surface area contributed by atoms with Crippen LogP contribution in [-0.4, -0.2) is 50.1 Å². The predicted octanol–water partition coefficient (Wildman–Crippen LogP) is 3.75. The maximum absolute atomic E-state index is 13.2. The van der Waals surface area contributed by atoms with E-state index in [1.54, 1.807) is 6.07 Å². The lowest BCUT2D eigenvalue weighted by Crippen LogP contribution is -2.25. The molecular formula is C23H28N2O4. The topological polar surface area (TPSA) is 74.0 Å². The second kappa shape index (κ2) is 8.33. The van der Waals surface area contributed by atoms with E-state index < -0.39 is 0 Å². The van der Waals surface area contributed by atoms with Crippen LogP contribution in [0, 0.1) is 0 Å². The maximum atomic E-state index is 13.2. The normalized spacial score (nSPS) is 15.3. The molecule has 29 heavy (non-hydrogen) atoms. The van der Waals surface area contributed by atoms with E-state index in [1.807, 2.05) is 32.0 Å². The zero-order valence-electron chi connectivity index (χ0n) is 17.1. The van der Waals surface area contributed by atoms with Crippen molar-refractivity contribution in [3.63, 3.8) is 0 Å². The molecule has 2 aliphatic rings. The van der Waals surface area contributed by atoms with Gasteiger partial charge in [-0.1, -0.05) is 12.1 Å². The summed E-state index contributed by atoms with van der Waals surface area (Å²) in [5.41, 5.74) is 9.23. The van der Waals surface area contributed by atoms with Gasteiger partial charge < -0.3 is 19.9 Å².